The highest BCUT2D eigenvalue weighted by atomic mass is 31.2. The quantitative estimate of drug-likeness (QED) is 0.0697. The molecule has 0 bridgehead atoms. The number of hydrogen-bond acceptors (Lipinski definition) is 8. The number of aliphatic carboxylic acids is 1. The molecule has 0 aliphatic carbocycles. The second kappa shape index (κ2) is 23.3. The highest BCUT2D eigenvalue weighted by Crippen LogP contribution is 2.43. The fraction of sp³-hybridized carbons (Fsp3) is 0.880. The Morgan fingerprint density at radius 3 is 2.03 bits per heavy atom. The van der Waals surface area contributed by atoms with Crippen LogP contribution in [0.15, 0.2) is 12.2 Å². The standard InChI is InChI=1S/C25H50NO9P/c1-3-4-5-6-7-8-9-10-11-12-13-14-15-16-17-23(32-2)20-33-18-22(27)19-34-36(30,31)35-21-24(26)25(28)29/h13-14,22-24,27H,3-12,15-21,26H2,1-2H3,(H,28,29)(H,30,31)/b14-13-/t22-,23?,24+/m1/s1. The molecule has 0 aromatic heterocycles. The number of carbonyl (C=O) groups is 1. The molecule has 0 amide bonds. The number of phosphoric ester groups is 1. The van der Waals surface area contributed by atoms with E-state index in [0.29, 0.717) is 0 Å². The van der Waals surface area contributed by atoms with Gasteiger partial charge < -0.3 is 30.3 Å². The van der Waals surface area contributed by atoms with Crippen LogP contribution < -0.4 is 5.73 Å². The Kier molecular flexibility index (Phi) is 22.7. The monoisotopic (exact) mass is 539 g/mol. The predicted octanol–water partition coefficient (Wildman–Crippen LogP) is 4.57. The molecule has 5 N–H and O–H groups in total. The van der Waals surface area contributed by atoms with Crippen LogP contribution in [0, 0.1) is 0 Å². The third kappa shape index (κ3) is 22.4. The highest BCUT2D eigenvalue weighted by molar-refractivity contribution is 7.47. The van der Waals surface area contributed by atoms with Gasteiger partial charge in [0.25, 0.3) is 0 Å². The lowest BCUT2D eigenvalue weighted by Crippen LogP contribution is -2.34. The van der Waals surface area contributed by atoms with Crippen molar-refractivity contribution in [1.29, 1.82) is 0 Å². The number of aliphatic hydroxyl groups is 1. The molecule has 214 valence electrons. The van der Waals surface area contributed by atoms with E-state index in [9.17, 15) is 19.4 Å². The van der Waals surface area contributed by atoms with E-state index in [-0.39, 0.29) is 19.3 Å². The lowest BCUT2D eigenvalue weighted by atomic mass is 10.1. The van der Waals surface area contributed by atoms with Crippen molar-refractivity contribution in [2.45, 2.75) is 109 Å². The molecule has 0 rings (SSSR count). The summed E-state index contributed by atoms with van der Waals surface area (Å²) >= 11 is 0. The Morgan fingerprint density at radius 1 is 0.889 bits per heavy atom. The summed E-state index contributed by atoms with van der Waals surface area (Å²) in [5.74, 6) is -1.37. The largest absolute Gasteiger partial charge is 0.480 e. The average Bonchev–Trinajstić information content (AvgIpc) is 2.85. The van der Waals surface area contributed by atoms with Crippen molar-refractivity contribution in [2.75, 3.05) is 33.5 Å². The Bertz CT molecular complexity index is 606. The van der Waals surface area contributed by atoms with Crippen molar-refractivity contribution in [1.82, 2.24) is 0 Å². The molecule has 0 fully saturated rings. The SMILES string of the molecule is CCCCCCCCCCC/C=C\CCCC(COC[C@@H](O)COP(=O)(O)OC[C@H](N)C(=O)O)OC. The molecule has 0 aromatic carbocycles. The summed E-state index contributed by atoms with van der Waals surface area (Å²) in [6, 6.07) is -1.46. The second-order valence-corrected chi connectivity index (χ2v) is 10.5. The minimum atomic E-state index is -4.53. The molecule has 0 heterocycles. The molecule has 11 heteroatoms. The summed E-state index contributed by atoms with van der Waals surface area (Å²) in [6.07, 6.45) is 19.1. The lowest BCUT2D eigenvalue weighted by Gasteiger charge is -2.18. The minimum absolute atomic E-state index is 0.117. The maximum atomic E-state index is 11.7. The Hall–Kier alpha value is -0.840. The van der Waals surface area contributed by atoms with Crippen LogP contribution in [0.3, 0.4) is 0 Å². The fourth-order valence-electron chi connectivity index (χ4n) is 3.39. The van der Waals surface area contributed by atoms with Gasteiger partial charge in [0.1, 0.15) is 12.1 Å². The molecule has 36 heavy (non-hydrogen) atoms. The molecule has 0 aliphatic heterocycles. The van der Waals surface area contributed by atoms with Crippen LogP contribution >= 0.6 is 7.82 Å². The summed E-state index contributed by atoms with van der Waals surface area (Å²) < 4.78 is 31.6. The maximum Gasteiger partial charge on any atom is 0.472 e. The Labute approximate surface area is 217 Å². The first-order valence-electron chi connectivity index (χ1n) is 13.3. The van der Waals surface area contributed by atoms with Gasteiger partial charge in [0, 0.05) is 7.11 Å². The zero-order valence-electron chi connectivity index (χ0n) is 22.2. The van der Waals surface area contributed by atoms with Gasteiger partial charge in [0.05, 0.1) is 32.5 Å². The van der Waals surface area contributed by atoms with Crippen LogP contribution in [0.1, 0.15) is 90.4 Å². The first-order valence-corrected chi connectivity index (χ1v) is 14.7. The number of allylic oxidation sites excluding steroid dienone is 2. The number of unbranched alkanes of at least 4 members (excludes halogenated alkanes) is 10. The molecule has 0 saturated carbocycles. The van der Waals surface area contributed by atoms with E-state index in [0.717, 1.165) is 25.7 Å². The van der Waals surface area contributed by atoms with Gasteiger partial charge in [-0.15, -0.1) is 0 Å². The topological polar surface area (TPSA) is 158 Å². The summed E-state index contributed by atoms with van der Waals surface area (Å²) in [7, 11) is -2.92. The van der Waals surface area contributed by atoms with E-state index in [2.05, 4.69) is 28.1 Å². The van der Waals surface area contributed by atoms with Crippen LogP contribution in [-0.2, 0) is 27.9 Å². The van der Waals surface area contributed by atoms with E-state index in [1.807, 2.05) is 0 Å². The van der Waals surface area contributed by atoms with Crippen molar-refractivity contribution in [3.63, 3.8) is 0 Å². The van der Waals surface area contributed by atoms with Gasteiger partial charge in [-0.1, -0.05) is 70.4 Å². The van der Waals surface area contributed by atoms with Gasteiger partial charge in [-0.2, -0.15) is 0 Å². The van der Waals surface area contributed by atoms with Gasteiger partial charge in [-0.05, 0) is 32.1 Å². The smallest absolute Gasteiger partial charge is 0.472 e. The van der Waals surface area contributed by atoms with Crippen LogP contribution in [0.2, 0.25) is 0 Å². The van der Waals surface area contributed by atoms with Crippen molar-refractivity contribution in [2.24, 2.45) is 5.73 Å². The van der Waals surface area contributed by atoms with Crippen molar-refractivity contribution < 1.29 is 43.0 Å². The summed E-state index contributed by atoms with van der Waals surface area (Å²) in [6.45, 7) is 1.19. The zero-order chi connectivity index (χ0) is 27.1. The molecule has 2 unspecified atom stereocenters. The molecule has 10 nitrogen and oxygen atoms in total. The highest BCUT2D eigenvalue weighted by Gasteiger charge is 2.25. The molecule has 0 aromatic rings. The maximum absolute atomic E-state index is 11.7. The van der Waals surface area contributed by atoms with Gasteiger partial charge >= 0.3 is 13.8 Å². The van der Waals surface area contributed by atoms with E-state index in [1.165, 1.54) is 57.8 Å². The molecular formula is C25H50NO9P. The van der Waals surface area contributed by atoms with E-state index >= 15 is 0 Å². The van der Waals surface area contributed by atoms with Gasteiger partial charge in [0.15, 0.2) is 0 Å². The number of carboxylic acid groups (broad SMARTS) is 1. The number of rotatable bonds is 26. The van der Waals surface area contributed by atoms with Gasteiger partial charge in [0.2, 0.25) is 0 Å². The van der Waals surface area contributed by atoms with Crippen LogP contribution in [0.5, 0.6) is 0 Å². The average molecular weight is 540 g/mol. The minimum Gasteiger partial charge on any atom is -0.480 e. The number of hydrogen-bond donors (Lipinski definition) is 4. The molecule has 0 saturated heterocycles. The van der Waals surface area contributed by atoms with E-state index in [4.69, 9.17) is 20.3 Å². The third-order valence-corrected chi connectivity index (χ3v) is 6.60. The summed E-state index contributed by atoms with van der Waals surface area (Å²) in [4.78, 5) is 20.1. The van der Waals surface area contributed by atoms with E-state index < -0.39 is 39.2 Å². The van der Waals surface area contributed by atoms with E-state index in [1.54, 1.807) is 7.11 Å². The van der Waals surface area contributed by atoms with Gasteiger partial charge in [-0.3, -0.25) is 13.8 Å². The van der Waals surface area contributed by atoms with Crippen LogP contribution in [0.25, 0.3) is 0 Å². The second-order valence-electron chi connectivity index (χ2n) is 9.07. The number of carboxylic acids is 1. The molecule has 4 atom stereocenters. The predicted molar refractivity (Wildman–Crippen MR) is 140 cm³/mol. The first kappa shape index (κ1) is 35.2. The Morgan fingerprint density at radius 2 is 1.44 bits per heavy atom. The van der Waals surface area contributed by atoms with Crippen molar-refractivity contribution in [3.05, 3.63) is 12.2 Å². The van der Waals surface area contributed by atoms with Crippen LogP contribution in [-0.4, -0.2) is 72.9 Å². The molecule has 0 aliphatic rings. The number of phosphoric acid groups is 1. The number of aliphatic hydroxyl groups excluding tert-OH is 1. The number of methoxy groups -OCH3 is 1. The van der Waals surface area contributed by atoms with Crippen LogP contribution in [0.4, 0.5) is 0 Å². The third-order valence-electron chi connectivity index (χ3n) is 5.65. The van der Waals surface area contributed by atoms with Gasteiger partial charge in [-0.25, -0.2) is 4.57 Å². The molecule has 0 spiro atoms. The normalized spacial score (nSPS) is 16.1. The number of ether oxygens (including phenoxy) is 2. The van der Waals surface area contributed by atoms with Crippen molar-refractivity contribution >= 4 is 13.8 Å². The summed E-state index contributed by atoms with van der Waals surface area (Å²) in [5.41, 5.74) is 5.19. The first-order chi connectivity index (χ1) is 17.2. The van der Waals surface area contributed by atoms with Crippen molar-refractivity contribution in [3.8, 4) is 0 Å². The molecule has 0 radical (unpaired) electrons. The summed E-state index contributed by atoms with van der Waals surface area (Å²) in [5, 5.41) is 18.5. The lowest BCUT2D eigenvalue weighted by molar-refractivity contribution is -0.139. The zero-order valence-corrected chi connectivity index (χ0v) is 23.1. The molecular weight excluding hydrogens is 489 g/mol. The Balaban J connectivity index is 3.76. The fourth-order valence-corrected chi connectivity index (χ4v) is 4.17. The number of nitrogens with two attached hydrogens (primary N) is 1.